The molecule has 47 heavy (non-hydrogen) atoms. The Bertz CT molecular complexity index is 1580. The number of fused-ring (bicyclic) bond motifs is 1. The highest BCUT2D eigenvalue weighted by Crippen LogP contribution is 2.37. The van der Waals surface area contributed by atoms with Crippen LogP contribution in [0.2, 0.25) is 0 Å². The third-order valence-corrected chi connectivity index (χ3v) is 8.34. The third kappa shape index (κ3) is 9.47. The van der Waals surface area contributed by atoms with Crippen molar-refractivity contribution in [3.05, 3.63) is 108 Å². The first-order valence-corrected chi connectivity index (χ1v) is 16.3. The van der Waals surface area contributed by atoms with Crippen LogP contribution in [0, 0.1) is 5.92 Å². The molecule has 1 amide bonds. The molecule has 250 valence electrons. The molecule has 4 aromatic carbocycles. The fourth-order valence-corrected chi connectivity index (χ4v) is 6.07. The summed E-state index contributed by atoms with van der Waals surface area (Å²) >= 11 is 0. The zero-order chi connectivity index (χ0) is 33.2. The number of benzene rings is 4. The van der Waals surface area contributed by atoms with Gasteiger partial charge in [0.15, 0.2) is 0 Å². The lowest BCUT2D eigenvalue weighted by molar-refractivity contribution is -0.0600. The first kappa shape index (κ1) is 34.2. The normalized spacial score (nSPS) is 18.2. The summed E-state index contributed by atoms with van der Waals surface area (Å²) in [5.74, 6) is 1.23. The summed E-state index contributed by atoms with van der Waals surface area (Å²) in [4.78, 5) is 14.8. The van der Waals surface area contributed by atoms with Crippen LogP contribution in [0.1, 0.15) is 49.8 Å². The van der Waals surface area contributed by atoms with Crippen molar-refractivity contribution in [2.75, 3.05) is 40.0 Å². The fraction of sp³-hybridized carbons (Fsp3) is 0.410. The van der Waals surface area contributed by atoms with Gasteiger partial charge in [0.1, 0.15) is 17.1 Å². The molecule has 8 heteroatoms. The van der Waals surface area contributed by atoms with Crippen LogP contribution in [0.15, 0.2) is 91.0 Å². The van der Waals surface area contributed by atoms with E-state index in [0.717, 1.165) is 40.0 Å². The van der Waals surface area contributed by atoms with Crippen molar-refractivity contribution in [3.8, 4) is 11.5 Å². The van der Waals surface area contributed by atoms with Crippen molar-refractivity contribution in [2.24, 2.45) is 5.92 Å². The minimum Gasteiger partial charge on any atom is -0.496 e. The second-order valence-corrected chi connectivity index (χ2v) is 13.0. The molecule has 3 unspecified atom stereocenters. The average molecular weight is 642 g/mol. The van der Waals surface area contributed by atoms with Gasteiger partial charge in [-0.2, -0.15) is 0 Å². The van der Waals surface area contributed by atoms with Gasteiger partial charge in [-0.25, -0.2) is 4.79 Å². The molecule has 1 aliphatic rings. The average Bonchev–Trinajstić information content (AvgIpc) is 3.08. The number of hydrogen-bond acceptors (Lipinski definition) is 7. The van der Waals surface area contributed by atoms with Crippen LogP contribution in [-0.2, 0) is 27.4 Å². The number of ether oxygens (including phenoxy) is 5. The highest BCUT2D eigenvalue weighted by atomic mass is 16.6. The summed E-state index contributed by atoms with van der Waals surface area (Å²) in [6, 6.07) is 30.4. The highest BCUT2D eigenvalue weighted by Gasteiger charge is 2.41. The number of para-hydroxylation sites is 1. The van der Waals surface area contributed by atoms with Gasteiger partial charge in [0.25, 0.3) is 0 Å². The number of carbonyl (C=O) groups excluding carboxylic acids is 1. The molecule has 1 aliphatic heterocycles. The molecule has 1 heterocycles. The molecule has 4 aromatic rings. The summed E-state index contributed by atoms with van der Waals surface area (Å²) < 4.78 is 29.5. The SMILES string of the molecule is COc1ccccc1COCCCOc1ccc(C2C(CO)CN(C(=O)OC(C)(C)C)CC2OCc2ccc3ccccc3c2)cc1. The maximum Gasteiger partial charge on any atom is 0.410 e. The Hall–Kier alpha value is -4.11. The van der Waals surface area contributed by atoms with Gasteiger partial charge in [0, 0.05) is 37.0 Å². The summed E-state index contributed by atoms with van der Waals surface area (Å²) in [7, 11) is 1.66. The number of carbonyl (C=O) groups is 1. The molecule has 0 bridgehead atoms. The van der Waals surface area contributed by atoms with Crippen LogP contribution in [0.25, 0.3) is 10.8 Å². The van der Waals surface area contributed by atoms with Crippen molar-refractivity contribution in [3.63, 3.8) is 0 Å². The molecule has 8 nitrogen and oxygen atoms in total. The highest BCUT2D eigenvalue weighted by molar-refractivity contribution is 5.82. The Morgan fingerprint density at radius 1 is 0.872 bits per heavy atom. The van der Waals surface area contributed by atoms with Crippen molar-refractivity contribution in [2.45, 2.75) is 58.0 Å². The number of rotatable bonds is 13. The lowest BCUT2D eigenvalue weighted by atomic mass is 9.79. The Morgan fingerprint density at radius 2 is 1.62 bits per heavy atom. The standard InChI is InChI=1S/C39H47NO7/c1-39(2,3)47-38(42)40-23-33(25-41)37(36(24-40)46-26-28-14-15-29-10-5-6-11-31(29)22-28)30-16-18-34(19-17-30)45-21-9-20-44-27-32-12-7-8-13-35(32)43-4/h5-8,10-19,22,33,36-37,41H,9,20-21,23-27H2,1-4H3. The first-order valence-electron chi connectivity index (χ1n) is 16.3. The first-order chi connectivity index (χ1) is 22.7. The minimum absolute atomic E-state index is 0.0904. The van der Waals surface area contributed by atoms with Gasteiger partial charge in [0.2, 0.25) is 0 Å². The van der Waals surface area contributed by atoms with Crippen molar-refractivity contribution in [1.82, 2.24) is 4.90 Å². The molecular weight excluding hydrogens is 594 g/mol. The van der Waals surface area contributed by atoms with Crippen LogP contribution in [0.3, 0.4) is 0 Å². The van der Waals surface area contributed by atoms with Gasteiger partial charge >= 0.3 is 6.09 Å². The Kier molecular flexibility index (Phi) is 11.7. The second kappa shape index (κ2) is 16.1. The van der Waals surface area contributed by atoms with Crippen molar-refractivity contribution in [1.29, 1.82) is 0 Å². The molecule has 0 aliphatic carbocycles. The molecule has 0 spiro atoms. The van der Waals surface area contributed by atoms with E-state index in [1.807, 2.05) is 81.4 Å². The monoisotopic (exact) mass is 641 g/mol. The molecule has 0 saturated carbocycles. The number of aliphatic hydroxyl groups excluding tert-OH is 1. The number of nitrogens with zero attached hydrogens (tertiary/aromatic N) is 1. The van der Waals surface area contributed by atoms with E-state index in [1.54, 1.807) is 12.0 Å². The van der Waals surface area contributed by atoms with Gasteiger partial charge in [-0.15, -0.1) is 0 Å². The number of likely N-dealkylation sites (tertiary alicyclic amines) is 1. The minimum atomic E-state index is -0.624. The summed E-state index contributed by atoms with van der Waals surface area (Å²) in [6.07, 6.45) is -0.00603. The molecular formula is C39H47NO7. The molecule has 0 aromatic heterocycles. The zero-order valence-corrected chi connectivity index (χ0v) is 27.9. The smallest absolute Gasteiger partial charge is 0.410 e. The predicted octanol–water partition coefficient (Wildman–Crippen LogP) is 7.36. The molecule has 3 atom stereocenters. The topological polar surface area (TPSA) is 86.7 Å². The molecule has 1 N–H and O–H groups in total. The van der Waals surface area contributed by atoms with Crippen LogP contribution >= 0.6 is 0 Å². The number of aliphatic hydroxyl groups is 1. The number of piperidine rings is 1. The van der Waals surface area contributed by atoms with Gasteiger partial charge in [-0.1, -0.05) is 66.7 Å². The lowest BCUT2D eigenvalue weighted by Gasteiger charge is -2.43. The van der Waals surface area contributed by atoms with Gasteiger partial charge < -0.3 is 33.7 Å². The number of methoxy groups -OCH3 is 1. The quantitative estimate of drug-likeness (QED) is 0.153. The molecule has 1 saturated heterocycles. The summed E-state index contributed by atoms with van der Waals surface area (Å²) in [5, 5.41) is 12.9. The van der Waals surface area contributed by atoms with Crippen molar-refractivity contribution >= 4 is 16.9 Å². The van der Waals surface area contributed by atoms with E-state index in [-0.39, 0.29) is 24.5 Å². The maximum absolute atomic E-state index is 13.1. The Morgan fingerprint density at radius 3 is 2.36 bits per heavy atom. The van der Waals surface area contributed by atoms with E-state index in [4.69, 9.17) is 23.7 Å². The summed E-state index contributed by atoms with van der Waals surface area (Å²) in [5.41, 5.74) is 2.47. The number of amides is 1. The van der Waals surface area contributed by atoms with E-state index >= 15 is 0 Å². The predicted molar refractivity (Wildman–Crippen MR) is 183 cm³/mol. The van der Waals surface area contributed by atoms with Crippen LogP contribution in [0.4, 0.5) is 4.79 Å². The molecule has 1 fully saturated rings. The Labute approximate surface area is 278 Å². The van der Waals surface area contributed by atoms with E-state index < -0.39 is 11.7 Å². The second-order valence-electron chi connectivity index (χ2n) is 13.0. The van der Waals surface area contributed by atoms with Gasteiger partial charge in [0.05, 0.1) is 46.2 Å². The van der Waals surface area contributed by atoms with Crippen molar-refractivity contribution < 1.29 is 33.6 Å². The lowest BCUT2D eigenvalue weighted by Crippen LogP contribution is -2.53. The van der Waals surface area contributed by atoms with Gasteiger partial charge in [-0.05, 0) is 66.9 Å². The summed E-state index contributed by atoms with van der Waals surface area (Å²) in [6.45, 7) is 8.17. The largest absolute Gasteiger partial charge is 0.496 e. The Balaban J connectivity index is 1.22. The molecule has 0 radical (unpaired) electrons. The maximum atomic E-state index is 13.1. The van der Waals surface area contributed by atoms with E-state index in [2.05, 4.69) is 30.3 Å². The van der Waals surface area contributed by atoms with E-state index in [1.165, 1.54) is 5.39 Å². The van der Waals surface area contributed by atoms with E-state index in [9.17, 15) is 9.90 Å². The van der Waals surface area contributed by atoms with E-state index in [0.29, 0.717) is 39.5 Å². The van der Waals surface area contributed by atoms with Crippen LogP contribution in [0.5, 0.6) is 11.5 Å². The van der Waals surface area contributed by atoms with Crippen LogP contribution < -0.4 is 9.47 Å². The molecule has 5 rings (SSSR count). The third-order valence-electron chi connectivity index (χ3n) is 8.34. The van der Waals surface area contributed by atoms with Gasteiger partial charge in [-0.3, -0.25) is 0 Å². The van der Waals surface area contributed by atoms with Crippen LogP contribution in [-0.4, -0.2) is 67.8 Å². The number of hydrogen-bond donors (Lipinski definition) is 1. The zero-order valence-electron chi connectivity index (χ0n) is 27.9. The fourth-order valence-electron chi connectivity index (χ4n) is 6.07.